The summed E-state index contributed by atoms with van der Waals surface area (Å²) in [5, 5.41) is 16.4. The first-order chi connectivity index (χ1) is 10.6. The average Bonchev–Trinajstić information content (AvgIpc) is 3.14. The smallest absolute Gasteiger partial charge is 0.259 e. The molecular formula is C15H15N3O4. The molecule has 1 amide bonds. The van der Waals surface area contributed by atoms with E-state index in [0.29, 0.717) is 28.1 Å². The van der Waals surface area contributed by atoms with Crippen LogP contribution >= 0.6 is 0 Å². The Morgan fingerprint density at radius 1 is 1.50 bits per heavy atom. The molecule has 7 nitrogen and oxygen atoms in total. The van der Waals surface area contributed by atoms with Gasteiger partial charge < -0.3 is 19.4 Å². The van der Waals surface area contributed by atoms with Crippen molar-refractivity contribution in [1.29, 1.82) is 0 Å². The first-order valence-corrected chi connectivity index (χ1v) is 6.83. The average molecular weight is 301 g/mol. The Morgan fingerprint density at radius 2 is 2.32 bits per heavy atom. The van der Waals surface area contributed by atoms with Crippen LogP contribution in [0, 0.1) is 6.92 Å². The molecule has 0 aliphatic heterocycles. The number of aliphatic hydroxyl groups is 1. The Kier molecular flexibility index (Phi) is 3.64. The van der Waals surface area contributed by atoms with Gasteiger partial charge in [0.1, 0.15) is 5.69 Å². The summed E-state index contributed by atoms with van der Waals surface area (Å²) < 4.78 is 10.5. The van der Waals surface area contributed by atoms with Gasteiger partial charge in [0, 0.05) is 6.54 Å². The molecule has 3 aromatic rings. The summed E-state index contributed by atoms with van der Waals surface area (Å²) >= 11 is 0. The molecule has 3 aromatic heterocycles. The molecule has 0 aliphatic rings. The molecule has 114 valence electrons. The lowest BCUT2D eigenvalue weighted by molar-refractivity contribution is 0.0925. The van der Waals surface area contributed by atoms with Crippen LogP contribution in [0.25, 0.3) is 22.6 Å². The third-order valence-electron chi connectivity index (χ3n) is 3.19. The number of aliphatic hydroxyl groups excluding tert-OH is 1. The zero-order valence-corrected chi connectivity index (χ0v) is 12.2. The van der Waals surface area contributed by atoms with E-state index in [4.69, 9.17) is 8.94 Å². The van der Waals surface area contributed by atoms with Gasteiger partial charge in [-0.3, -0.25) is 4.79 Å². The van der Waals surface area contributed by atoms with Gasteiger partial charge in [0.05, 0.1) is 29.0 Å². The maximum absolute atomic E-state index is 12.4. The zero-order valence-electron chi connectivity index (χ0n) is 12.2. The molecule has 22 heavy (non-hydrogen) atoms. The number of amides is 1. The van der Waals surface area contributed by atoms with E-state index < -0.39 is 6.10 Å². The fraction of sp³-hybridized carbons (Fsp3) is 0.267. The Labute approximate surface area is 125 Å². The molecule has 3 heterocycles. The zero-order chi connectivity index (χ0) is 15.7. The van der Waals surface area contributed by atoms with E-state index in [2.05, 4.69) is 15.5 Å². The predicted molar refractivity (Wildman–Crippen MR) is 78.3 cm³/mol. The van der Waals surface area contributed by atoms with Gasteiger partial charge in [-0.25, -0.2) is 4.98 Å². The summed E-state index contributed by atoms with van der Waals surface area (Å²) in [5.74, 6) is 0.202. The lowest BCUT2D eigenvalue weighted by Crippen LogP contribution is -2.30. The molecule has 0 aliphatic carbocycles. The number of aryl methyl sites for hydroxylation is 1. The third kappa shape index (κ3) is 2.58. The van der Waals surface area contributed by atoms with Crippen LogP contribution in [0.3, 0.4) is 0 Å². The molecule has 0 fully saturated rings. The molecule has 0 aromatic carbocycles. The number of aromatic nitrogens is 2. The predicted octanol–water partition coefficient (Wildman–Crippen LogP) is 1.90. The largest absolute Gasteiger partial charge is 0.463 e. The molecular weight excluding hydrogens is 286 g/mol. The summed E-state index contributed by atoms with van der Waals surface area (Å²) in [6.45, 7) is 3.50. The first-order valence-electron chi connectivity index (χ1n) is 6.83. The standard InChI is InChI=1S/C15H15N3O4/c1-8(19)7-16-14(20)10-6-11(12-4-3-5-21-12)17-15-13(10)9(2)18-22-15/h3-6,8,19H,7H2,1-2H3,(H,16,20). The minimum Gasteiger partial charge on any atom is -0.463 e. The van der Waals surface area contributed by atoms with Crippen LogP contribution in [0.2, 0.25) is 0 Å². The highest BCUT2D eigenvalue weighted by molar-refractivity contribution is 6.06. The van der Waals surface area contributed by atoms with Crippen LogP contribution in [-0.2, 0) is 0 Å². The molecule has 0 bridgehead atoms. The number of pyridine rings is 1. The van der Waals surface area contributed by atoms with Gasteiger partial charge in [-0.2, -0.15) is 0 Å². The molecule has 1 unspecified atom stereocenters. The van der Waals surface area contributed by atoms with Crippen molar-refractivity contribution in [2.24, 2.45) is 0 Å². The summed E-state index contributed by atoms with van der Waals surface area (Å²) in [6.07, 6.45) is 0.898. The Bertz CT molecular complexity index is 806. The van der Waals surface area contributed by atoms with Crippen molar-refractivity contribution in [3.63, 3.8) is 0 Å². The SMILES string of the molecule is Cc1noc2nc(-c3ccco3)cc(C(=O)NCC(C)O)c12. The van der Waals surface area contributed by atoms with Crippen LogP contribution < -0.4 is 5.32 Å². The van der Waals surface area contributed by atoms with Gasteiger partial charge in [0.25, 0.3) is 11.6 Å². The lowest BCUT2D eigenvalue weighted by Gasteiger charge is -2.08. The maximum atomic E-state index is 12.4. The van der Waals surface area contributed by atoms with Crippen LogP contribution in [0.15, 0.2) is 33.4 Å². The van der Waals surface area contributed by atoms with E-state index in [9.17, 15) is 9.90 Å². The number of fused-ring (bicyclic) bond motifs is 1. The Morgan fingerprint density at radius 3 is 3.00 bits per heavy atom. The van der Waals surface area contributed by atoms with Crippen LogP contribution in [0.4, 0.5) is 0 Å². The number of carbonyl (C=O) groups is 1. The highest BCUT2D eigenvalue weighted by atomic mass is 16.5. The molecule has 0 saturated heterocycles. The number of nitrogens with one attached hydrogen (secondary N) is 1. The topological polar surface area (TPSA) is 101 Å². The van der Waals surface area contributed by atoms with Gasteiger partial charge in [-0.05, 0) is 32.0 Å². The molecule has 3 rings (SSSR count). The Hall–Kier alpha value is -2.67. The minimum absolute atomic E-state index is 0.156. The van der Waals surface area contributed by atoms with E-state index in [-0.39, 0.29) is 18.2 Å². The number of furan rings is 1. The second kappa shape index (κ2) is 5.61. The second-order valence-electron chi connectivity index (χ2n) is 5.04. The van der Waals surface area contributed by atoms with Gasteiger partial charge in [0.15, 0.2) is 5.76 Å². The molecule has 7 heteroatoms. The maximum Gasteiger partial charge on any atom is 0.259 e. The summed E-state index contributed by atoms with van der Waals surface area (Å²) in [4.78, 5) is 16.7. The highest BCUT2D eigenvalue weighted by Gasteiger charge is 2.20. The van der Waals surface area contributed by atoms with Gasteiger partial charge >= 0.3 is 0 Å². The quantitative estimate of drug-likeness (QED) is 0.763. The summed E-state index contributed by atoms with van der Waals surface area (Å²) in [7, 11) is 0. The number of rotatable bonds is 4. The fourth-order valence-electron chi connectivity index (χ4n) is 2.16. The highest BCUT2D eigenvalue weighted by Crippen LogP contribution is 2.27. The van der Waals surface area contributed by atoms with Crippen molar-refractivity contribution >= 4 is 17.0 Å². The van der Waals surface area contributed by atoms with Crippen LogP contribution in [0.5, 0.6) is 0 Å². The van der Waals surface area contributed by atoms with E-state index in [1.807, 2.05) is 0 Å². The normalized spacial score (nSPS) is 12.5. The molecule has 1 atom stereocenters. The van der Waals surface area contributed by atoms with Crippen molar-refractivity contribution in [2.45, 2.75) is 20.0 Å². The second-order valence-corrected chi connectivity index (χ2v) is 5.04. The van der Waals surface area contributed by atoms with Gasteiger partial charge in [-0.15, -0.1) is 0 Å². The van der Waals surface area contributed by atoms with Gasteiger partial charge in [-0.1, -0.05) is 5.16 Å². The minimum atomic E-state index is -0.630. The van der Waals surface area contributed by atoms with Crippen molar-refractivity contribution in [3.8, 4) is 11.5 Å². The number of nitrogens with zero attached hydrogens (tertiary/aromatic N) is 2. The molecule has 0 saturated carbocycles. The lowest BCUT2D eigenvalue weighted by atomic mass is 10.1. The van der Waals surface area contributed by atoms with Gasteiger partial charge in [0.2, 0.25) is 0 Å². The van der Waals surface area contributed by atoms with Crippen molar-refractivity contribution in [2.75, 3.05) is 6.54 Å². The summed E-state index contributed by atoms with van der Waals surface area (Å²) in [6, 6.07) is 5.11. The van der Waals surface area contributed by atoms with Crippen molar-refractivity contribution in [1.82, 2.24) is 15.5 Å². The Balaban J connectivity index is 2.09. The van der Waals surface area contributed by atoms with E-state index >= 15 is 0 Å². The molecule has 0 spiro atoms. The van der Waals surface area contributed by atoms with E-state index in [1.54, 1.807) is 32.0 Å². The first kappa shape index (κ1) is 14.3. The van der Waals surface area contributed by atoms with Crippen molar-refractivity contribution < 1.29 is 18.8 Å². The van der Waals surface area contributed by atoms with E-state index in [1.165, 1.54) is 6.26 Å². The summed E-state index contributed by atoms with van der Waals surface area (Å²) in [5.41, 5.74) is 1.72. The number of hydrogen-bond acceptors (Lipinski definition) is 6. The number of carbonyl (C=O) groups excluding carboxylic acids is 1. The molecule has 0 radical (unpaired) electrons. The van der Waals surface area contributed by atoms with Crippen LogP contribution in [-0.4, -0.2) is 33.8 Å². The van der Waals surface area contributed by atoms with E-state index in [0.717, 1.165) is 0 Å². The molecule has 2 N–H and O–H groups in total. The third-order valence-corrected chi connectivity index (χ3v) is 3.19. The van der Waals surface area contributed by atoms with Crippen molar-refractivity contribution in [3.05, 3.63) is 35.7 Å². The fourth-order valence-corrected chi connectivity index (χ4v) is 2.16. The van der Waals surface area contributed by atoms with Crippen LogP contribution in [0.1, 0.15) is 23.0 Å². The monoisotopic (exact) mass is 301 g/mol. The number of hydrogen-bond donors (Lipinski definition) is 2.